The highest BCUT2D eigenvalue weighted by molar-refractivity contribution is 5.84. The van der Waals surface area contributed by atoms with Gasteiger partial charge in [-0.15, -0.1) is 0 Å². The molecule has 21 heavy (non-hydrogen) atoms. The second-order valence-electron chi connectivity index (χ2n) is 6.31. The van der Waals surface area contributed by atoms with E-state index in [4.69, 9.17) is 15.2 Å². The van der Waals surface area contributed by atoms with Gasteiger partial charge in [-0.3, -0.25) is 0 Å². The van der Waals surface area contributed by atoms with Crippen molar-refractivity contribution in [2.45, 2.75) is 57.5 Å². The summed E-state index contributed by atoms with van der Waals surface area (Å²) in [5.41, 5.74) is 8.11. The molecule has 1 aromatic carbocycles. The molecule has 0 spiro atoms. The van der Waals surface area contributed by atoms with Crippen LogP contribution in [0.15, 0.2) is 18.2 Å². The molecule has 2 aromatic rings. The van der Waals surface area contributed by atoms with Crippen LogP contribution in [0, 0.1) is 0 Å². The molecule has 3 unspecified atom stereocenters. The van der Waals surface area contributed by atoms with Crippen molar-refractivity contribution in [3.05, 3.63) is 18.2 Å². The molecule has 2 saturated heterocycles. The van der Waals surface area contributed by atoms with Gasteiger partial charge in [0.2, 0.25) is 5.95 Å². The average molecular weight is 287 g/mol. The fourth-order valence-electron chi connectivity index (χ4n) is 3.69. The second kappa shape index (κ2) is 4.63. The van der Waals surface area contributed by atoms with Gasteiger partial charge >= 0.3 is 0 Å². The van der Waals surface area contributed by atoms with Crippen molar-refractivity contribution in [2.24, 2.45) is 0 Å². The predicted molar refractivity (Wildman–Crippen MR) is 81.5 cm³/mol. The van der Waals surface area contributed by atoms with Gasteiger partial charge in [0.1, 0.15) is 11.3 Å². The Hall–Kier alpha value is -1.75. The SMILES string of the molecule is CC(C)Oc1cccc2c1nc(N)n2C1CC2CCC1O2. The molecule has 5 heteroatoms. The minimum Gasteiger partial charge on any atom is -0.489 e. The van der Waals surface area contributed by atoms with Gasteiger partial charge < -0.3 is 19.8 Å². The Morgan fingerprint density at radius 1 is 1.38 bits per heavy atom. The topological polar surface area (TPSA) is 62.3 Å². The molecule has 1 aromatic heterocycles. The van der Waals surface area contributed by atoms with E-state index >= 15 is 0 Å². The molecule has 2 aliphatic heterocycles. The smallest absolute Gasteiger partial charge is 0.201 e. The minimum absolute atomic E-state index is 0.118. The third kappa shape index (κ3) is 1.99. The van der Waals surface area contributed by atoms with Gasteiger partial charge in [-0.05, 0) is 45.2 Å². The lowest BCUT2D eigenvalue weighted by atomic mass is 9.95. The van der Waals surface area contributed by atoms with E-state index in [1.165, 1.54) is 6.42 Å². The molecule has 3 atom stereocenters. The second-order valence-corrected chi connectivity index (χ2v) is 6.31. The van der Waals surface area contributed by atoms with E-state index < -0.39 is 0 Å². The third-order valence-electron chi connectivity index (χ3n) is 4.48. The van der Waals surface area contributed by atoms with E-state index in [2.05, 4.69) is 15.6 Å². The van der Waals surface area contributed by atoms with Gasteiger partial charge in [0.25, 0.3) is 0 Å². The maximum absolute atomic E-state index is 6.21. The maximum Gasteiger partial charge on any atom is 0.201 e. The summed E-state index contributed by atoms with van der Waals surface area (Å²) in [5.74, 6) is 1.36. The number of hydrogen-bond acceptors (Lipinski definition) is 4. The summed E-state index contributed by atoms with van der Waals surface area (Å²) < 4.78 is 14.0. The van der Waals surface area contributed by atoms with Gasteiger partial charge in [0, 0.05) is 0 Å². The number of para-hydroxylation sites is 1. The van der Waals surface area contributed by atoms with Gasteiger partial charge in [-0.1, -0.05) is 6.07 Å². The van der Waals surface area contributed by atoms with Crippen LogP contribution >= 0.6 is 0 Å². The number of nitrogens with zero attached hydrogens (tertiary/aromatic N) is 2. The number of rotatable bonds is 3. The molecule has 2 fully saturated rings. The molecule has 0 aliphatic carbocycles. The molecule has 112 valence electrons. The van der Waals surface area contributed by atoms with Crippen LogP contribution < -0.4 is 10.5 Å². The fraction of sp³-hybridized carbons (Fsp3) is 0.562. The third-order valence-corrected chi connectivity index (χ3v) is 4.48. The highest BCUT2D eigenvalue weighted by atomic mass is 16.5. The zero-order valence-corrected chi connectivity index (χ0v) is 12.5. The Kier molecular flexibility index (Phi) is 2.85. The maximum atomic E-state index is 6.21. The number of fused-ring (bicyclic) bond motifs is 3. The molecule has 2 bridgehead atoms. The lowest BCUT2D eigenvalue weighted by Gasteiger charge is -2.22. The quantitative estimate of drug-likeness (QED) is 0.943. The monoisotopic (exact) mass is 287 g/mol. The van der Waals surface area contributed by atoms with Crippen LogP contribution in [0.5, 0.6) is 5.75 Å². The molecule has 0 saturated carbocycles. The van der Waals surface area contributed by atoms with E-state index in [1.54, 1.807) is 0 Å². The number of anilines is 1. The zero-order valence-electron chi connectivity index (χ0n) is 12.5. The van der Waals surface area contributed by atoms with Crippen LogP contribution in [-0.2, 0) is 4.74 Å². The highest BCUT2D eigenvalue weighted by Crippen LogP contribution is 2.44. The van der Waals surface area contributed by atoms with Crippen LogP contribution in [-0.4, -0.2) is 27.9 Å². The molecule has 0 radical (unpaired) electrons. The summed E-state index contributed by atoms with van der Waals surface area (Å²) in [5, 5.41) is 0. The molecule has 0 amide bonds. The summed E-state index contributed by atoms with van der Waals surface area (Å²) in [6.07, 6.45) is 4.13. The summed E-state index contributed by atoms with van der Waals surface area (Å²) in [4.78, 5) is 4.55. The van der Waals surface area contributed by atoms with Gasteiger partial charge in [0.05, 0.1) is 29.9 Å². The summed E-state index contributed by atoms with van der Waals surface area (Å²) in [7, 11) is 0. The van der Waals surface area contributed by atoms with E-state index in [0.717, 1.165) is 29.6 Å². The molecule has 2 N–H and O–H groups in total. The van der Waals surface area contributed by atoms with Crippen LogP contribution in [0.2, 0.25) is 0 Å². The molecule has 2 aliphatic rings. The van der Waals surface area contributed by atoms with Crippen LogP contribution in [0.3, 0.4) is 0 Å². The zero-order chi connectivity index (χ0) is 14.6. The number of hydrogen-bond donors (Lipinski definition) is 1. The van der Waals surface area contributed by atoms with Crippen molar-refractivity contribution in [1.29, 1.82) is 0 Å². The van der Waals surface area contributed by atoms with Crippen molar-refractivity contribution < 1.29 is 9.47 Å². The highest BCUT2D eigenvalue weighted by Gasteiger charge is 2.42. The fourth-order valence-corrected chi connectivity index (χ4v) is 3.69. The van der Waals surface area contributed by atoms with Crippen molar-refractivity contribution in [3.63, 3.8) is 0 Å². The lowest BCUT2D eigenvalue weighted by molar-refractivity contribution is 0.0945. The van der Waals surface area contributed by atoms with Gasteiger partial charge in [0.15, 0.2) is 0 Å². The Bertz CT molecular complexity index is 679. The van der Waals surface area contributed by atoms with E-state index in [1.807, 2.05) is 26.0 Å². The first kappa shape index (κ1) is 13.0. The van der Waals surface area contributed by atoms with Crippen molar-refractivity contribution in [2.75, 3.05) is 5.73 Å². The van der Waals surface area contributed by atoms with Gasteiger partial charge in [-0.25, -0.2) is 4.98 Å². The first-order chi connectivity index (χ1) is 10.1. The minimum atomic E-state index is 0.118. The van der Waals surface area contributed by atoms with Crippen LogP contribution in [0.1, 0.15) is 39.2 Å². The molecule has 5 nitrogen and oxygen atoms in total. The van der Waals surface area contributed by atoms with Crippen molar-refractivity contribution in [1.82, 2.24) is 9.55 Å². The predicted octanol–water partition coefficient (Wildman–Crippen LogP) is 2.90. The largest absolute Gasteiger partial charge is 0.489 e. The summed E-state index contributed by atoms with van der Waals surface area (Å²) in [6, 6.07) is 6.34. The summed E-state index contributed by atoms with van der Waals surface area (Å²) >= 11 is 0. The van der Waals surface area contributed by atoms with Crippen molar-refractivity contribution >= 4 is 17.0 Å². The van der Waals surface area contributed by atoms with E-state index in [9.17, 15) is 0 Å². The molecular weight excluding hydrogens is 266 g/mol. The first-order valence-corrected chi connectivity index (χ1v) is 7.72. The van der Waals surface area contributed by atoms with Crippen LogP contribution in [0.4, 0.5) is 5.95 Å². The Morgan fingerprint density at radius 2 is 2.24 bits per heavy atom. The normalized spacial score (nSPS) is 27.9. The number of imidazole rings is 1. The number of nitrogens with two attached hydrogens (primary N) is 1. The number of aromatic nitrogens is 2. The molecule has 4 rings (SSSR count). The first-order valence-electron chi connectivity index (χ1n) is 7.72. The molecular formula is C16H21N3O2. The number of nitrogen functional groups attached to an aromatic ring is 1. The standard InChI is InChI=1S/C16H21N3O2/c1-9(2)20-14-5-3-4-11-15(14)18-16(17)19(11)12-8-10-6-7-13(12)21-10/h3-5,9-10,12-13H,6-8H2,1-2H3,(H2,17,18). The Morgan fingerprint density at radius 3 is 2.90 bits per heavy atom. The van der Waals surface area contributed by atoms with E-state index in [0.29, 0.717) is 18.1 Å². The lowest BCUT2D eigenvalue weighted by Crippen LogP contribution is -2.22. The van der Waals surface area contributed by atoms with E-state index in [-0.39, 0.29) is 12.2 Å². The number of benzene rings is 1. The Balaban J connectivity index is 1.81. The number of ether oxygens (including phenoxy) is 2. The van der Waals surface area contributed by atoms with Crippen molar-refractivity contribution in [3.8, 4) is 5.75 Å². The average Bonchev–Trinajstić information content (AvgIpc) is 3.11. The van der Waals surface area contributed by atoms with Crippen LogP contribution in [0.25, 0.3) is 11.0 Å². The molecule has 3 heterocycles. The Labute approximate surface area is 124 Å². The summed E-state index contributed by atoms with van der Waals surface area (Å²) in [6.45, 7) is 4.03. The van der Waals surface area contributed by atoms with Gasteiger partial charge in [-0.2, -0.15) is 0 Å².